The summed E-state index contributed by atoms with van der Waals surface area (Å²) in [5.41, 5.74) is 0.00479. The maximum atomic E-state index is 12.4. The number of hydrogen-bond donors (Lipinski definition) is 1. The Labute approximate surface area is 108 Å². The number of rotatable bonds is 1. The minimum Gasteiger partial charge on any atom is -0.466 e. The number of furan rings is 1. The Bertz CT molecular complexity index is 448. The molecule has 1 amide bonds. The third-order valence-corrected chi connectivity index (χ3v) is 3.62. The first-order valence-corrected chi connectivity index (χ1v) is 6.48. The fraction of sp³-hybridized carbons (Fsp3) is 0.643. The van der Waals surface area contributed by atoms with Gasteiger partial charge in [-0.3, -0.25) is 4.79 Å². The minimum atomic E-state index is -0.642. The van der Waals surface area contributed by atoms with Crippen molar-refractivity contribution in [2.45, 2.75) is 45.6 Å². The van der Waals surface area contributed by atoms with Gasteiger partial charge in [0.15, 0.2) is 0 Å². The second kappa shape index (κ2) is 4.76. The molecule has 1 aromatic rings. The lowest BCUT2D eigenvalue weighted by Crippen LogP contribution is -2.33. The Morgan fingerprint density at radius 2 is 2.11 bits per heavy atom. The molecule has 4 nitrogen and oxygen atoms in total. The average Bonchev–Trinajstić information content (AvgIpc) is 2.50. The minimum absolute atomic E-state index is 0.0158. The first-order chi connectivity index (χ1) is 8.39. The van der Waals surface area contributed by atoms with Crippen molar-refractivity contribution < 1.29 is 14.3 Å². The highest BCUT2D eigenvalue weighted by Crippen LogP contribution is 2.23. The molecule has 0 saturated carbocycles. The van der Waals surface area contributed by atoms with E-state index in [4.69, 9.17) is 4.42 Å². The second-order valence-corrected chi connectivity index (χ2v) is 5.47. The van der Waals surface area contributed by atoms with E-state index >= 15 is 0 Å². The first-order valence-electron chi connectivity index (χ1n) is 6.48. The maximum Gasteiger partial charge on any atom is 0.257 e. The van der Waals surface area contributed by atoms with Crippen LogP contribution in [0.25, 0.3) is 0 Å². The molecule has 1 atom stereocenters. The van der Waals surface area contributed by atoms with Crippen molar-refractivity contribution in [3.05, 3.63) is 23.2 Å². The van der Waals surface area contributed by atoms with Crippen LogP contribution < -0.4 is 0 Å². The van der Waals surface area contributed by atoms with E-state index in [0.29, 0.717) is 30.8 Å². The van der Waals surface area contributed by atoms with Gasteiger partial charge in [0.2, 0.25) is 0 Å². The normalized spacial score (nSPS) is 25.0. The largest absolute Gasteiger partial charge is 0.466 e. The summed E-state index contributed by atoms with van der Waals surface area (Å²) in [4.78, 5) is 14.2. The van der Waals surface area contributed by atoms with Crippen molar-refractivity contribution >= 4 is 5.91 Å². The molecular weight excluding hydrogens is 230 g/mol. The van der Waals surface area contributed by atoms with E-state index in [1.54, 1.807) is 6.07 Å². The molecule has 1 unspecified atom stereocenters. The third-order valence-electron chi connectivity index (χ3n) is 3.62. The molecule has 0 radical (unpaired) electrons. The van der Waals surface area contributed by atoms with E-state index in [-0.39, 0.29) is 5.91 Å². The van der Waals surface area contributed by atoms with Gasteiger partial charge >= 0.3 is 0 Å². The highest BCUT2D eigenvalue weighted by atomic mass is 16.3. The molecule has 1 N–H and O–H groups in total. The van der Waals surface area contributed by atoms with Crippen molar-refractivity contribution in [2.75, 3.05) is 13.1 Å². The summed E-state index contributed by atoms with van der Waals surface area (Å²) in [6.45, 7) is 6.81. The van der Waals surface area contributed by atoms with E-state index in [9.17, 15) is 9.90 Å². The quantitative estimate of drug-likeness (QED) is 0.833. The molecule has 4 heteroatoms. The van der Waals surface area contributed by atoms with Crippen LogP contribution in [0.15, 0.2) is 10.5 Å². The Kier molecular flexibility index (Phi) is 3.48. The monoisotopic (exact) mass is 251 g/mol. The topological polar surface area (TPSA) is 53.7 Å². The van der Waals surface area contributed by atoms with Gasteiger partial charge in [-0.25, -0.2) is 0 Å². The number of aryl methyl sites for hydroxylation is 2. The van der Waals surface area contributed by atoms with Crippen LogP contribution >= 0.6 is 0 Å². The fourth-order valence-corrected chi connectivity index (χ4v) is 2.48. The second-order valence-electron chi connectivity index (χ2n) is 5.47. The van der Waals surface area contributed by atoms with Crippen molar-refractivity contribution in [3.8, 4) is 0 Å². The summed E-state index contributed by atoms with van der Waals surface area (Å²) in [5.74, 6) is 1.45. The molecule has 0 aromatic carbocycles. The van der Waals surface area contributed by atoms with Crippen LogP contribution in [0.4, 0.5) is 0 Å². The summed E-state index contributed by atoms with van der Waals surface area (Å²) >= 11 is 0. The standard InChI is InChI=1S/C14H21NO3/c1-10-9-12(11(2)18-10)13(16)15-7-4-5-14(3,17)6-8-15/h9,17H,4-8H2,1-3H3. The number of carbonyl (C=O) groups excluding carboxylic acids is 1. The Morgan fingerprint density at radius 3 is 2.72 bits per heavy atom. The number of aliphatic hydroxyl groups is 1. The lowest BCUT2D eigenvalue weighted by molar-refractivity contribution is 0.0438. The number of carbonyl (C=O) groups is 1. The highest BCUT2D eigenvalue weighted by Gasteiger charge is 2.28. The van der Waals surface area contributed by atoms with Crippen LogP contribution in [0, 0.1) is 13.8 Å². The predicted octanol–water partition coefficient (Wildman–Crippen LogP) is 2.27. The summed E-state index contributed by atoms with van der Waals surface area (Å²) < 4.78 is 5.40. The zero-order valence-electron chi connectivity index (χ0n) is 11.3. The molecule has 1 saturated heterocycles. The SMILES string of the molecule is Cc1cc(C(=O)N2CCCC(C)(O)CC2)c(C)o1. The van der Waals surface area contributed by atoms with Crippen LogP contribution in [-0.2, 0) is 0 Å². The number of nitrogens with zero attached hydrogens (tertiary/aromatic N) is 1. The van der Waals surface area contributed by atoms with E-state index in [1.807, 2.05) is 25.7 Å². The molecule has 18 heavy (non-hydrogen) atoms. The first kappa shape index (κ1) is 13.1. The van der Waals surface area contributed by atoms with Crippen LogP contribution in [0.3, 0.4) is 0 Å². The molecule has 0 bridgehead atoms. The predicted molar refractivity (Wildman–Crippen MR) is 68.6 cm³/mol. The zero-order valence-corrected chi connectivity index (χ0v) is 11.3. The summed E-state index contributed by atoms with van der Waals surface area (Å²) in [6, 6.07) is 1.79. The van der Waals surface area contributed by atoms with Gasteiger partial charge < -0.3 is 14.4 Å². The van der Waals surface area contributed by atoms with Crippen molar-refractivity contribution in [2.24, 2.45) is 0 Å². The Balaban J connectivity index is 2.12. The number of hydrogen-bond acceptors (Lipinski definition) is 3. The number of amides is 1. The van der Waals surface area contributed by atoms with E-state index in [1.165, 1.54) is 0 Å². The lowest BCUT2D eigenvalue weighted by atomic mass is 9.98. The van der Waals surface area contributed by atoms with Crippen molar-refractivity contribution in [1.29, 1.82) is 0 Å². The zero-order chi connectivity index (χ0) is 13.3. The molecule has 0 spiro atoms. The maximum absolute atomic E-state index is 12.4. The molecule has 1 aliphatic heterocycles. The van der Waals surface area contributed by atoms with Gasteiger partial charge in [0.1, 0.15) is 11.5 Å². The average molecular weight is 251 g/mol. The summed E-state index contributed by atoms with van der Waals surface area (Å²) in [6.07, 6.45) is 2.23. The number of likely N-dealkylation sites (tertiary alicyclic amines) is 1. The molecule has 2 heterocycles. The molecule has 2 rings (SSSR count). The van der Waals surface area contributed by atoms with Gasteiger partial charge in [0.25, 0.3) is 5.91 Å². The van der Waals surface area contributed by atoms with Crippen LogP contribution in [0.5, 0.6) is 0 Å². The summed E-state index contributed by atoms with van der Waals surface area (Å²) in [7, 11) is 0. The van der Waals surface area contributed by atoms with Crippen LogP contribution in [-0.4, -0.2) is 34.6 Å². The molecule has 0 aliphatic carbocycles. The Morgan fingerprint density at radius 1 is 1.39 bits per heavy atom. The van der Waals surface area contributed by atoms with Gasteiger partial charge in [-0.15, -0.1) is 0 Å². The molecule has 100 valence electrons. The molecule has 1 fully saturated rings. The van der Waals surface area contributed by atoms with Crippen LogP contribution in [0.2, 0.25) is 0 Å². The molecular formula is C14H21NO3. The van der Waals surface area contributed by atoms with Gasteiger partial charge in [0.05, 0.1) is 11.2 Å². The van der Waals surface area contributed by atoms with E-state index in [2.05, 4.69) is 0 Å². The van der Waals surface area contributed by atoms with Gasteiger partial charge in [-0.1, -0.05) is 0 Å². The van der Waals surface area contributed by atoms with Crippen molar-refractivity contribution in [1.82, 2.24) is 4.90 Å². The third kappa shape index (κ3) is 2.75. The lowest BCUT2D eigenvalue weighted by Gasteiger charge is -2.22. The smallest absolute Gasteiger partial charge is 0.257 e. The van der Waals surface area contributed by atoms with E-state index < -0.39 is 5.60 Å². The van der Waals surface area contributed by atoms with Crippen molar-refractivity contribution in [3.63, 3.8) is 0 Å². The Hall–Kier alpha value is -1.29. The van der Waals surface area contributed by atoms with Gasteiger partial charge in [0, 0.05) is 13.1 Å². The highest BCUT2D eigenvalue weighted by molar-refractivity contribution is 5.95. The van der Waals surface area contributed by atoms with Gasteiger partial charge in [-0.05, 0) is 46.1 Å². The van der Waals surface area contributed by atoms with Crippen LogP contribution in [0.1, 0.15) is 48.1 Å². The molecule has 1 aromatic heterocycles. The van der Waals surface area contributed by atoms with Gasteiger partial charge in [-0.2, -0.15) is 0 Å². The summed E-state index contributed by atoms with van der Waals surface area (Å²) in [5, 5.41) is 10.0. The molecule has 1 aliphatic rings. The fourth-order valence-electron chi connectivity index (χ4n) is 2.48. The van der Waals surface area contributed by atoms with E-state index in [0.717, 1.165) is 18.6 Å².